The Balaban J connectivity index is 0.000000885. The van der Waals surface area contributed by atoms with Crippen molar-refractivity contribution in [3.63, 3.8) is 0 Å². The van der Waals surface area contributed by atoms with E-state index in [2.05, 4.69) is 0 Å². The molecule has 0 aromatic heterocycles. The number of aliphatic hydroxyl groups excluding tert-OH is 2. The van der Waals surface area contributed by atoms with Gasteiger partial charge in [-0.2, -0.15) is 0 Å². The highest BCUT2D eigenvalue weighted by Gasteiger charge is 2.05. The largest absolute Gasteiger partial charge is 0.466 e. The van der Waals surface area contributed by atoms with Crippen molar-refractivity contribution in [1.82, 2.24) is 0 Å². The Kier molecular flexibility index (Phi) is 14.4. The summed E-state index contributed by atoms with van der Waals surface area (Å²) in [5, 5.41) is 15.2. The van der Waals surface area contributed by atoms with Crippen LogP contribution >= 0.6 is 0 Å². The molecule has 1 heterocycles. The van der Waals surface area contributed by atoms with Gasteiger partial charge in [0, 0.05) is 12.8 Å². The van der Waals surface area contributed by atoms with Gasteiger partial charge in [0.05, 0.1) is 26.4 Å². The summed E-state index contributed by atoms with van der Waals surface area (Å²) in [6.45, 7) is 0.632. The molecule has 0 aromatic rings. The lowest BCUT2D eigenvalue weighted by atomic mass is 10.1. The van der Waals surface area contributed by atoms with Crippen molar-refractivity contribution < 1.29 is 29.3 Å². The predicted octanol–water partition coefficient (Wildman–Crippen LogP) is 1.57. The zero-order valence-corrected chi connectivity index (χ0v) is 12.7. The lowest BCUT2D eigenvalue weighted by Gasteiger charge is -2.05. The molecule has 1 saturated heterocycles. The third kappa shape index (κ3) is 15.1. The van der Waals surface area contributed by atoms with Crippen molar-refractivity contribution in [3.05, 3.63) is 0 Å². The van der Waals surface area contributed by atoms with E-state index in [-0.39, 0.29) is 25.2 Å². The minimum absolute atomic E-state index is 0.100. The second kappa shape index (κ2) is 15.3. The molecule has 1 aliphatic rings. The van der Waals surface area contributed by atoms with E-state index in [0.29, 0.717) is 26.1 Å². The molecule has 0 unspecified atom stereocenters. The third-order valence-corrected chi connectivity index (χ3v) is 2.93. The number of carbonyl (C=O) groups is 2. The van der Waals surface area contributed by atoms with E-state index in [1.807, 2.05) is 0 Å². The molecule has 0 radical (unpaired) electrons. The molecule has 0 saturated carbocycles. The molecule has 0 spiro atoms. The minimum Gasteiger partial charge on any atom is -0.466 e. The lowest BCUT2D eigenvalue weighted by Crippen LogP contribution is -2.08. The van der Waals surface area contributed by atoms with Gasteiger partial charge in [0.1, 0.15) is 0 Å². The van der Waals surface area contributed by atoms with Crippen LogP contribution in [0.2, 0.25) is 0 Å². The molecule has 2 N–H and O–H groups in total. The summed E-state index contributed by atoms with van der Waals surface area (Å²) in [6, 6.07) is 0. The van der Waals surface area contributed by atoms with Crippen molar-refractivity contribution in [1.29, 1.82) is 0 Å². The van der Waals surface area contributed by atoms with E-state index in [9.17, 15) is 9.59 Å². The van der Waals surface area contributed by atoms with E-state index < -0.39 is 0 Å². The first-order valence-corrected chi connectivity index (χ1v) is 7.73. The quantitative estimate of drug-likeness (QED) is 0.714. The molecule has 21 heavy (non-hydrogen) atoms. The van der Waals surface area contributed by atoms with E-state index in [0.717, 1.165) is 44.9 Å². The van der Waals surface area contributed by atoms with Crippen molar-refractivity contribution in [3.8, 4) is 0 Å². The second-order valence-electron chi connectivity index (χ2n) is 4.86. The Morgan fingerprint density at radius 2 is 1.05 bits per heavy atom. The van der Waals surface area contributed by atoms with Crippen LogP contribution in [0.4, 0.5) is 0 Å². The first-order valence-electron chi connectivity index (χ1n) is 7.73. The van der Waals surface area contributed by atoms with Crippen LogP contribution < -0.4 is 0 Å². The first kappa shape index (κ1) is 19.9. The fourth-order valence-electron chi connectivity index (χ4n) is 1.79. The standard InChI is InChI=1S/C13H22O4.C2H6O2/c14-12-8-4-2-1-3-5-9-13(15)17-11-7-6-10-16-12;3-1-2-4/h1-11H2;3-4H,1-2H2. The van der Waals surface area contributed by atoms with E-state index in [4.69, 9.17) is 19.7 Å². The smallest absolute Gasteiger partial charge is 0.305 e. The molecule has 1 aliphatic heterocycles. The summed E-state index contributed by atoms with van der Waals surface area (Å²) in [7, 11) is 0. The number of aliphatic hydroxyl groups is 2. The molecule has 0 bridgehead atoms. The van der Waals surface area contributed by atoms with Crippen LogP contribution in [0.5, 0.6) is 0 Å². The molecule has 1 fully saturated rings. The number of hydrogen-bond donors (Lipinski definition) is 2. The maximum atomic E-state index is 11.3. The molecule has 0 aromatic carbocycles. The summed E-state index contributed by atoms with van der Waals surface area (Å²) < 4.78 is 10.1. The average Bonchev–Trinajstić information content (AvgIpc) is 2.50. The topological polar surface area (TPSA) is 93.1 Å². The van der Waals surface area contributed by atoms with Crippen molar-refractivity contribution in [2.45, 2.75) is 57.8 Å². The highest BCUT2D eigenvalue weighted by atomic mass is 16.5. The molecule has 6 heteroatoms. The van der Waals surface area contributed by atoms with Crippen molar-refractivity contribution in [2.75, 3.05) is 26.4 Å². The number of esters is 2. The van der Waals surface area contributed by atoms with E-state index in [1.165, 1.54) is 0 Å². The predicted molar refractivity (Wildman–Crippen MR) is 77.6 cm³/mol. The van der Waals surface area contributed by atoms with Gasteiger partial charge in [0.2, 0.25) is 0 Å². The summed E-state index contributed by atoms with van der Waals surface area (Å²) in [4.78, 5) is 22.5. The fraction of sp³-hybridized carbons (Fsp3) is 0.867. The Morgan fingerprint density at radius 3 is 1.43 bits per heavy atom. The Morgan fingerprint density at radius 1 is 0.667 bits per heavy atom. The van der Waals surface area contributed by atoms with Crippen LogP contribution in [0.25, 0.3) is 0 Å². The van der Waals surface area contributed by atoms with E-state index in [1.54, 1.807) is 0 Å². The van der Waals surface area contributed by atoms with Gasteiger partial charge in [-0.1, -0.05) is 19.3 Å². The highest BCUT2D eigenvalue weighted by molar-refractivity contribution is 5.69. The molecule has 1 rings (SSSR count). The van der Waals surface area contributed by atoms with Crippen molar-refractivity contribution in [2.24, 2.45) is 0 Å². The lowest BCUT2D eigenvalue weighted by molar-refractivity contribution is -0.146. The van der Waals surface area contributed by atoms with Crippen LogP contribution in [-0.4, -0.2) is 48.6 Å². The summed E-state index contributed by atoms with van der Waals surface area (Å²) in [5.74, 6) is -0.200. The molecule has 0 aliphatic carbocycles. The second-order valence-corrected chi connectivity index (χ2v) is 4.86. The normalized spacial score (nSPS) is 19.1. The molecule has 0 amide bonds. The van der Waals surface area contributed by atoms with Crippen LogP contribution in [-0.2, 0) is 19.1 Å². The number of ether oxygens (including phenoxy) is 2. The fourth-order valence-corrected chi connectivity index (χ4v) is 1.79. The maximum absolute atomic E-state index is 11.3. The number of hydrogen-bond acceptors (Lipinski definition) is 6. The Bertz CT molecular complexity index is 241. The van der Waals surface area contributed by atoms with Gasteiger partial charge in [0.15, 0.2) is 0 Å². The first-order chi connectivity index (χ1) is 10.2. The van der Waals surface area contributed by atoms with Crippen LogP contribution in [0, 0.1) is 0 Å². The minimum atomic E-state index is -0.125. The van der Waals surface area contributed by atoms with Gasteiger partial charge < -0.3 is 19.7 Å². The average molecular weight is 304 g/mol. The molecule has 0 atom stereocenters. The van der Waals surface area contributed by atoms with Gasteiger partial charge in [-0.05, 0) is 25.7 Å². The van der Waals surface area contributed by atoms with Gasteiger partial charge in [-0.3, -0.25) is 9.59 Å². The Hall–Kier alpha value is -1.14. The molecule has 6 nitrogen and oxygen atoms in total. The van der Waals surface area contributed by atoms with Crippen LogP contribution in [0.15, 0.2) is 0 Å². The van der Waals surface area contributed by atoms with Crippen molar-refractivity contribution >= 4 is 11.9 Å². The Labute approximate surface area is 126 Å². The van der Waals surface area contributed by atoms with Crippen LogP contribution in [0.1, 0.15) is 57.8 Å². The zero-order chi connectivity index (χ0) is 15.8. The molecule has 124 valence electrons. The van der Waals surface area contributed by atoms with Gasteiger partial charge in [-0.25, -0.2) is 0 Å². The summed E-state index contributed by atoms with van der Waals surface area (Å²) in [5.41, 5.74) is 0. The number of rotatable bonds is 1. The van der Waals surface area contributed by atoms with Gasteiger partial charge in [0.25, 0.3) is 0 Å². The summed E-state index contributed by atoms with van der Waals surface area (Å²) >= 11 is 0. The number of cyclic esters (lactones) is 2. The number of carbonyl (C=O) groups excluding carboxylic acids is 2. The zero-order valence-electron chi connectivity index (χ0n) is 12.7. The monoisotopic (exact) mass is 304 g/mol. The van der Waals surface area contributed by atoms with E-state index >= 15 is 0 Å². The van der Waals surface area contributed by atoms with Crippen LogP contribution in [0.3, 0.4) is 0 Å². The molecular formula is C15H28O6. The third-order valence-electron chi connectivity index (χ3n) is 2.93. The van der Waals surface area contributed by atoms with Gasteiger partial charge in [-0.15, -0.1) is 0 Å². The maximum Gasteiger partial charge on any atom is 0.305 e. The SMILES string of the molecule is O=C1CCCCCCCC(=O)OCCCCO1.OCCO. The highest BCUT2D eigenvalue weighted by Crippen LogP contribution is 2.09. The summed E-state index contributed by atoms with van der Waals surface area (Å²) in [6.07, 6.45) is 7.49. The van der Waals surface area contributed by atoms with Gasteiger partial charge >= 0.3 is 11.9 Å². The molecular weight excluding hydrogens is 276 g/mol.